The van der Waals surface area contributed by atoms with Gasteiger partial charge in [-0.2, -0.15) is 4.99 Å². The molecule has 0 unspecified atom stereocenters. The number of amides is 1. The number of hydrogen-bond donors (Lipinski definition) is 0. The first kappa shape index (κ1) is 17.0. The molecule has 0 N–H and O–H groups in total. The lowest BCUT2D eigenvalue weighted by Gasteiger charge is -2.08. The van der Waals surface area contributed by atoms with E-state index in [0.717, 1.165) is 10.2 Å². The zero-order chi connectivity index (χ0) is 18.0. The van der Waals surface area contributed by atoms with Crippen LogP contribution in [0.2, 0.25) is 0 Å². The zero-order valence-electron chi connectivity index (χ0n) is 14.1. The maximum absolute atomic E-state index is 12.3. The van der Waals surface area contributed by atoms with Gasteiger partial charge in [-0.3, -0.25) is 4.79 Å². The third-order valence-electron chi connectivity index (χ3n) is 3.54. The normalized spacial score (nSPS) is 11.7. The topological polar surface area (TPSA) is 78.9 Å². The number of hydrogen-bond acceptors (Lipinski definition) is 6. The third kappa shape index (κ3) is 3.20. The Balaban J connectivity index is 2.19. The molecule has 0 aliphatic carbocycles. The Labute approximate surface area is 147 Å². The van der Waals surface area contributed by atoms with Crippen LogP contribution in [0.5, 0.6) is 11.5 Å². The monoisotopic (exact) mass is 359 g/mol. The molecule has 0 atom stereocenters. The summed E-state index contributed by atoms with van der Waals surface area (Å²) in [5.41, 5.74) is 1.51. The molecule has 0 aliphatic rings. The van der Waals surface area contributed by atoms with E-state index in [1.54, 1.807) is 33.3 Å². The Bertz CT molecular complexity index is 1010. The molecule has 0 radical (unpaired) electrons. The molecule has 2 aromatic heterocycles. The Kier molecular flexibility index (Phi) is 4.71. The zero-order valence-corrected chi connectivity index (χ0v) is 14.9. The average Bonchev–Trinajstić information content (AvgIpc) is 3.18. The van der Waals surface area contributed by atoms with Gasteiger partial charge in [-0.05, 0) is 6.92 Å². The molecule has 0 saturated carbocycles. The molecule has 0 aliphatic heterocycles. The first-order valence-electron chi connectivity index (χ1n) is 7.46. The highest BCUT2D eigenvalue weighted by molar-refractivity contribution is 7.16. The molecule has 1 aromatic carbocycles. The van der Waals surface area contributed by atoms with Gasteiger partial charge in [0, 0.05) is 24.7 Å². The summed E-state index contributed by atoms with van der Waals surface area (Å²) >= 11 is 1.37. The van der Waals surface area contributed by atoms with E-state index in [9.17, 15) is 4.79 Å². The second-order valence-electron chi connectivity index (χ2n) is 5.21. The first-order chi connectivity index (χ1) is 12.1. The second kappa shape index (κ2) is 6.94. The van der Waals surface area contributed by atoms with Gasteiger partial charge in [-0.15, -0.1) is 6.58 Å². The molecule has 25 heavy (non-hydrogen) atoms. The maximum Gasteiger partial charge on any atom is 0.318 e. The lowest BCUT2D eigenvalue weighted by atomic mass is 10.3. The predicted octanol–water partition coefficient (Wildman–Crippen LogP) is 2.94. The summed E-state index contributed by atoms with van der Waals surface area (Å²) < 4.78 is 18.5. The minimum atomic E-state index is -0.483. The average molecular weight is 359 g/mol. The Morgan fingerprint density at radius 3 is 2.68 bits per heavy atom. The highest BCUT2D eigenvalue weighted by Gasteiger charge is 2.15. The van der Waals surface area contributed by atoms with Gasteiger partial charge in [0.2, 0.25) is 5.76 Å². The second-order valence-corrected chi connectivity index (χ2v) is 6.22. The molecule has 0 saturated heterocycles. The van der Waals surface area contributed by atoms with E-state index in [1.807, 2.05) is 16.7 Å². The number of aromatic nitrogens is 2. The number of nitrogens with zero attached hydrogens (tertiary/aromatic N) is 3. The van der Waals surface area contributed by atoms with E-state index in [0.29, 0.717) is 28.5 Å². The lowest BCUT2D eigenvalue weighted by molar-refractivity contribution is 0.0962. The van der Waals surface area contributed by atoms with Gasteiger partial charge < -0.3 is 18.6 Å². The number of carbonyl (C=O) groups excluding carboxylic acids is 1. The van der Waals surface area contributed by atoms with Crippen molar-refractivity contribution in [2.45, 2.75) is 13.5 Å². The van der Waals surface area contributed by atoms with Gasteiger partial charge in [-0.25, -0.2) is 0 Å². The SMILES string of the molecule is C=CCn1c(=NC(=O)c2cc(C)no2)sc2cc(OC)c(OC)cc21. The fraction of sp³-hybridized carbons (Fsp3) is 0.235. The van der Waals surface area contributed by atoms with E-state index >= 15 is 0 Å². The molecule has 0 spiro atoms. The van der Waals surface area contributed by atoms with E-state index in [1.165, 1.54) is 11.3 Å². The summed E-state index contributed by atoms with van der Waals surface area (Å²) in [6.07, 6.45) is 1.74. The van der Waals surface area contributed by atoms with Crippen molar-refractivity contribution in [2.24, 2.45) is 4.99 Å². The number of allylic oxidation sites excluding steroid dienone is 1. The Hall–Kier alpha value is -2.87. The molecule has 8 heteroatoms. The van der Waals surface area contributed by atoms with Crippen molar-refractivity contribution in [1.82, 2.24) is 9.72 Å². The number of fused-ring (bicyclic) bond motifs is 1. The predicted molar refractivity (Wildman–Crippen MR) is 94.2 cm³/mol. The smallest absolute Gasteiger partial charge is 0.318 e. The van der Waals surface area contributed by atoms with Crippen LogP contribution in [0.15, 0.2) is 40.4 Å². The van der Waals surface area contributed by atoms with Crippen molar-refractivity contribution < 1.29 is 18.8 Å². The van der Waals surface area contributed by atoms with Crippen LogP contribution >= 0.6 is 11.3 Å². The third-order valence-corrected chi connectivity index (χ3v) is 4.58. The summed E-state index contributed by atoms with van der Waals surface area (Å²) in [5, 5.41) is 3.72. The molecular formula is C17H17N3O4S. The number of rotatable bonds is 5. The summed E-state index contributed by atoms with van der Waals surface area (Å²) in [6, 6.07) is 5.28. The standard InChI is InChI=1S/C17H17N3O4S/c1-5-6-20-11-8-12(22-3)13(23-4)9-15(11)25-17(20)18-16(21)14-7-10(2)19-24-14/h5,7-9H,1,6H2,2-4H3. The van der Waals surface area contributed by atoms with Gasteiger partial charge >= 0.3 is 5.91 Å². The van der Waals surface area contributed by atoms with Crippen molar-refractivity contribution >= 4 is 27.5 Å². The van der Waals surface area contributed by atoms with Crippen LogP contribution in [0, 0.1) is 6.92 Å². The number of ether oxygens (including phenoxy) is 2. The number of thiazole rings is 1. The van der Waals surface area contributed by atoms with Crippen molar-refractivity contribution in [1.29, 1.82) is 0 Å². The van der Waals surface area contributed by atoms with E-state index in [-0.39, 0.29) is 5.76 Å². The number of carbonyl (C=O) groups is 1. The largest absolute Gasteiger partial charge is 0.493 e. The molecule has 0 fully saturated rings. The first-order valence-corrected chi connectivity index (χ1v) is 8.27. The Morgan fingerprint density at radius 2 is 2.08 bits per heavy atom. The van der Waals surface area contributed by atoms with Crippen LogP contribution in [-0.2, 0) is 6.54 Å². The van der Waals surface area contributed by atoms with E-state index in [4.69, 9.17) is 14.0 Å². The van der Waals surface area contributed by atoms with Crippen LogP contribution in [0.4, 0.5) is 0 Å². The number of benzene rings is 1. The maximum atomic E-state index is 12.3. The van der Waals surface area contributed by atoms with Crippen molar-refractivity contribution in [3.05, 3.63) is 47.1 Å². The molecule has 7 nitrogen and oxygen atoms in total. The summed E-state index contributed by atoms with van der Waals surface area (Å²) in [5.74, 6) is 0.847. The molecule has 2 heterocycles. The number of aryl methyl sites for hydroxylation is 1. The van der Waals surface area contributed by atoms with Crippen LogP contribution in [0.25, 0.3) is 10.2 Å². The summed E-state index contributed by atoms with van der Waals surface area (Å²) in [7, 11) is 3.16. The quantitative estimate of drug-likeness (QED) is 0.655. The minimum absolute atomic E-state index is 0.107. The van der Waals surface area contributed by atoms with Crippen LogP contribution in [0.1, 0.15) is 16.2 Å². The molecular weight excluding hydrogens is 342 g/mol. The summed E-state index contributed by atoms with van der Waals surface area (Å²) in [4.78, 5) is 17.0. The lowest BCUT2D eigenvalue weighted by Crippen LogP contribution is -2.16. The fourth-order valence-electron chi connectivity index (χ4n) is 2.39. The van der Waals surface area contributed by atoms with Crippen molar-refractivity contribution in [3.63, 3.8) is 0 Å². The van der Waals surface area contributed by atoms with Gasteiger partial charge in [0.15, 0.2) is 16.3 Å². The van der Waals surface area contributed by atoms with Gasteiger partial charge in [0.05, 0.1) is 30.1 Å². The summed E-state index contributed by atoms with van der Waals surface area (Å²) in [6.45, 7) is 6.02. The molecule has 3 aromatic rings. The van der Waals surface area contributed by atoms with Crippen LogP contribution in [0.3, 0.4) is 0 Å². The minimum Gasteiger partial charge on any atom is -0.493 e. The highest BCUT2D eigenvalue weighted by Crippen LogP contribution is 2.33. The van der Waals surface area contributed by atoms with Gasteiger partial charge in [-0.1, -0.05) is 22.6 Å². The van der Waals surface area contributed by atoms with Crippen LogP contribution < -0.4 is 14.3 Å². The Morgan fingerprint density at radius 1 is 1.36 bits per heavy atom. The highest BCUT2D eigenvalue weighted by atomic mass is 32.1. The molecule has 130 valence electrons. The number of methoxy groups -OCH3 is 2. The molecule has 1 amide bonds. The van der Waals surface area contributed by atoms with Gasteiger partial charge in [0.1, 0.15) is 0 Å². The van der Waals surface area contributed by atoms with Gasteiger partial charge in [0.25, 0.3) is 0 Å². The fourth-order valence-corrected chi connectivity index (χ4v) is 3.44. The molecule has 0 bridgehead atoms. The van der Waals surface area contributed by atoms with E-state index < -0.39 is 5.91 Å². The van der Waals surface area contributed by atoms with Crippen LogP contribution in [-0.4, -0.2) is 29.9 Å². The van der Waals surface area contributed by atoms with E-state index in [2.05, 4.69) is 16.7 Å². The van der Waals surface area contributed by atoms with Crippen molar-refractivity contribution in [2.75, 3.05) is 14.2 Å². The van der Waals surface area contributed by atoms with Crippen molar-refractivity contribution in [3.8, 4) is 11.5 Å². The molecule has 3 rings (SSSR count).